The monoisotopic (exact) mass is 258 g/mol. The van der Waals surface area contributed by atoms with Crippen LogP contribution in [-0.4, -0.2) is 38.6 Å². The molecule has 0 N–H and O–H groups in total. The molecule has 19 heavy (non-hydrogen) atoms. The Labute approximate surface area is 114 Å². The summed E-state index contributed by atoms with van der Waals surface area (Å²) in [7, 11) is 0. The molecule has 0 amide bonds. The van der Waals surface area contributed by atoms with E-state index in [1.807, 2.05) is 6.07 Å². The third-order valence-electron chi connectivity index (χ3n) is 4.19. The van der Waals surface area contributed by atoms with Gasteiger partial charge in [0, 0.05) is 18.7 Å². The van der Waals surface area contributed by atoms with Gasteiger partial charge in [-0.15, -0.1) is 10.2 Å². The average Bonchev–Trinajstić information content (AvgIpc) is 2.82. The smallest absolute Gasteiger partial charge is 0.160 e. The molecule has 1 fully saturated rings. The van der Waals surface area contributed by atoms with Gasteiger partial charge >= 0.3 is 0 Å². The number of aromatic nitrogens is 3. The predicted octanol–water partition coefficient (Wildman–Crippen LogP) is 2.45. The van der Waals surface area contributed by atoms with Crippen LogP contribution in [0.15, 0.2) is 18.3 Å². The van der Waals surface area contributed by atoms with Crippen molar-refractivity contribution in [2.24, 2.45) is 0 Å². The Morgan fingerprint density at radius 2 is 2.16 bits per heavy atom. The first-order chi connectivity index (χ1) is 9.28. The van der Waals surface area contributed by atoms with Crippen molar-refractivity contribution in [3.8, 4) is 0 Å². The molecule has 102 valence electrons. The first-order valence-corrected chi connectivity index (χ1v) is 7.32. The number of nitrogens with zero attached hydrogens (tertiary/aromatic N) is 4. The van der Waals surface area contributed by atoms with Crippen LogP contribution in [0.3, 0.4) is 0 Å². The SMILES string of the molecule is CCN1CCCCC1Cc1nnc2ccc(C)cn12. The van der Waals surface area contributed by atoms with Gasteiger partial charge in [-0.2, -0.15) is 0 Å². The molecule has 0 spiro atoms. The standard InChI is InChI=1S/C15H22N4/c1-3-18-9-5-4-6-13(18)10-15-17-16-14-8-7-12(2)11-19(14)15/h7-8,11,13H,3-6,9-10H2,1-2H3. The van der Waals surface area contributed by atoms with Gasteiger partial charge in [0.05, 0.1) is 0 Å². The third-order valence-corrected chi connectivity index (χ3v) is 4.19. The molecule has 1 saturated heterocycles. The molecule has 0 saturated carbocycles. The van der Waals surface area contributed by atoms with Gasteiger partial charge < -0.3 is 4.90 Å². The van der Waals surface area contributed by atoms with Crippen LogP contribution in [0, 0.1) is 6.92 Å². The number of aryl methyl sites for hydroxylation is 1. The maximum absolute atomic E-state index is 4.39. The Morgan fingerprint density at radius 3 is 3.00 bits per heavy atom. The van der Waals surface area contributed by atoms with E-state index in [-0.39, 0.29) is 0 Å². The lowest BCUT2D eigenvalue weighted by Crippen LogP contribution is -2.40. The zero-order valence-corrected chi connectivity index (χ0v) is 11.8. The molecule has 0 radical (unpaired) electrons. The molecule has 1 aliphatic rings. The van der Waals surface area contributed by atoms with Crippen molar-refractivity contribution < 1.29 is 0 Å². The molecule has 2 aromatic rings. The highest BCUT2D eigenvalue weighted by Crippen LogP contribution is 2.20. The molecule has 3 rings (SSSR count). The van der Waals surface area contributed by atoms with Gasteiger partial charge in [0.15, 0.2) is 5.65 Å². The number of piperidine rings is 1. The lowest BCUT2D eigenvalue weighted by Gasteiger charge is -2.34. The molecule has 0 aliphatic carbocycles. The lowest BCUT2D eigenvalue weighted by molar-refractivity contribution is 0.153. The van der Waals surface area contributed by atoms with E-state index in [1.54, 1.807) is 0 Å². The fourth-order valence-corrected chi connectivity index (χ4v) is 3.10. The van der Waals surface area contributed by atoms with Crippen molar-refractivity contribution in [2.45, 2.75) is 45.6 Å². The van der Waals surface area contributed by atoms with E-state index in [0.29, 0.717) is 6.04 Å². The summed E-state index contributed by atoms with van der Waals surface area (Å²) in [5, 5.41) is 8.66. The highest BCUT2D eigenvalue weighted by atomic mass is 15.3. The Hall–Kier alpha value is -1.42. The van der Waals surface area contributed by atoms with Crippen LogP contribution in [0.25, 0.3) is 5.65 Å². The number of hydrogen-bond acceptors (Lipinski definition) is 3. The van der Waals surface area contributed by atoms with E-state index in [9.17, 15) is 0 Å². The second kappa shape index (κ2) is 5.29. The van der Waals surface area contributed by atoms with Crippen LogP contribution in [0.4, 0.5) is 0 Å². The molecule has 4 nitrogen and oxygen atoms in total. The Bertz CT molecular complexity index is 560. The van der Waals surface area contributed by atoms with E-state index in [4.69, 9.17) is 0 Å². The molecule has 4 heteroatoms. The van der Waals surface area contributed by atoms with Crippen molar-refractivity contribution in [1.82, 2.24) is 19.5 Å². The van der Waals surface area contributed by atoms with Gasteiger partial charge in [-0.25, -0.2) is 0 Å². The predicted molar refractivity (Wildman–Crippen MR) is 76.3 cm³/mol. The number of rotatable bonds is 3. The van der Waals surface area contributed by atoms with Gasteiger partial charge in [0.25, 0.3) is 0 Å². The van der Waals surface area contributed by atoms with Crippen LogP contribution in [0.5, 0.6) is 0 Å². The molecular weight excluding hydrogens is 236 g/mol. The van der Waals surface area contributed by atoms with E-state index in [0.717, 1.165) is 24.4 Å². The minimum Gasteiger partial charge on any atom is -0.300 e. The number of fused-ring (bicyclic) bond motifs is 1. The van der Waals surface area contributed by atoms with E-state index in [1.165, 1.54) is 31.4 Å². The molecular formula is C15H22N4. The minimum absolute atomic E-state index is 0.631. The van der Waals surface area contributed by atoms with Gasteiger partial charge in [-0.1, -0.05) is 19.4 Å². The quantitative estimate of drug-likeness (QED) is 0.848. The van der Waals surface area contributed by atoms with Crippen molar-refractivity contribution in [3.05, 3.63) is 29.7 Å². The normalized spacial score (nSPS) is 21.1. The largest absolute Gasteiger partial charge is 0.300 e. The molecule has 1 unspecified atom stereocenters. The van der Waals surface area contributed by atoms with E-state index < -0.39 is 0 Å². The first-order valence-electron chi connectivity index (χ1n) is 7.32. The van der Waals surface area contributed by atoms with Crippen LogP contribution >= 0.6 is 0 Å². The average molecular weight is 258 g/mol. The maximum Gasteiger partial charge on any atom is 0.160 e. The fourth-order valence-electron chi connectivity index (χ4n) is 3.10. The molecule has 0 bridgehead atoms. The van der Waals surface area contributed by atoms with Crippen molar-refractivity contribution in [1.29, 1.82) is 0 Å². The summed E-state index contributed by atoms with van der Waals surface area (Å²) in [4.78, 5) is 2.58. The first kappa shape index (κ1) is 12.6. The van der Waals surface area contributed by atoms with Gasteiger partial charge in [-0.3, -0.25) is 4.40 Å². The summed E-state index contributed by atoms with van der Waals surface area (Å²) >= 11 is 0. The topological polar surface area (TPSA) is 33.4 Å². The number of hydrogen-bond donors (Lipinski definition) is 0. The van der Waals surface area contributed by atoms with Gasteiger partial charge in [0.2, 0.25) is 0 Å². The second-order valence-corrected chi connectivity index (χ2v) is 5.53. The van der Waals surface area contributed by atoms with Crippen molar-refractivity contribution >= 4 is 5.65 Å². The Balaban J connectivity index is 1.86. The van der Waals surface area contributed by atoms with Crippen LogP contribution < -0.4 is 0 Å². The number of likely N-dealkylation sites (N-methyl/N-ethyl adjacent to an activating group) is 1. The number of pyridine rings is 1. The summed E-state index contributed by atoms with van der Waals surface area (Å²) in [6, 6.07) is 4.77. The molecule has 1 atom stereocenters. The van der Waals surface area contributed by atoms with Crippen LogP contribution in [0.1, 0.15) is 37.6 Å². The van der Waals surface area contributed by atoms with Gasteiger partial charge in [-0.05, 0) is 44.5 Å². The molecule has 0 aromatic carbocycles. The maximum atomic E-state index is 4.39. The molecule has 1 aliphatic heterocycles. The Morgan fingerprint density at radius 1 is 1.26 bits per heavy atom. The highest BCUT2D eigenvalue weighted by Gasteiger charge is 2.23. The zero-order valence-electron chi connectivity index (χ0n) is 11.8. The lowest BCUT2D eigenvalue weighted by atomic mass is 9.99. The van der Waals surface area contributed by atoms with Crippen molar-refractivity contribution in [2.75, 3.05) is 13.1 Å². The minimum atomic E-state index is 0.631. The summed E-state index contributed by atoms with van der Waals surface area (Å²) in [5.41, 5.74) is 2.21. The second-order valence-electron chi connectivity index (χ2n) is 5.53. The fraction of sp³-hybridized carbons (Fsp3) is 0.600. The third kappa shape index (κ3) is 2.50. The van der Waals surface area contributed by atoms with E-state index >= 15 is 0 Å². The number of likely N-dealkylation sites (tertiary alicyclic amines) is 1. The summed E-state index contributed by atoms with van der Waals surface area (Å²) in [6.45, 7) is 6.74. The molecule has 3 heterocycles. The zero-order chi connectivity index (χ0) is 13.2. The van der Waals surface area contributed by atoms with Crippen LogP contribution in [0.2, 0.25) is 0 Å². The highest BCUT2D eigenvalue weighted by molar-refractivity contribution is 5.39. The van der Waals surface area contributed by atoms with E-state index in [2.05, 4.69) is 45.6 Å². The summed E-state index contributed by atoms with van der Waals surface area (Å²) < 4.78 is 2.15. The summed E-state index contributed by atoms with van der Waals surface area (Å²) in [5.74, 6) is 1.10. The van der Waals surface area contributed by atoms with Crippen LogP contribution in [-0.2, 0) is 6.42 Å². The molecule has 2 aromatic heterocycles. The van der Waals surface area contributed by atoms with Gasteiger partial charge in [0.1, 0.15) is 5.82 Å². The Kier molecular flexibility index (Phi) is 3.51. The van der Waals surface area contributed by atoms with Crippen molar-refractivity contribution in [3.63, 3.8) is 0 Å². The summed E-state index contributed by atoms with van der Waals surface area (Å²) in [6.07, 6.45) is 7.12.